The van der Waals surface area contributed by atoms with Gasteiger partial charge in [0.15, 0.2) is 0 Å². The highest BCUT2D eigenvalue weighted by Crippen LogP contribution is 2.23. The molecule has 1 saturated heterocycles. The number of aryl methyl sites for hydroxylation is 1. The van der Waals surface area contributed by atoms with Crippen LogP contribution in [0.3, 0.4) is 0 Å². The van der Waals surface area contributed by atoms with Crippen molar-refractivity contribution in [2.45, 2.75) is 38.0 Å². The lowest BCUT2D eigenvalue weighted by Crippen LogP contribution is -2.37. The first-order valence-electron chi connectivity index (χ1n) is 8.39. The van der Waals surface area contributed by atoms with Crippen LogP contribution in [-0.2, 0) is 14.8 Å². The van der Waals surface area contributed by atoms with Gasteiger partial charge in [-0.3, -0.25) is 9.59 Å². The molecule has 2 rings (SSSR count). The maximum Gasteiger partial charge on any atom is 0.323 e. The topological polar surface area (TPSA) is 95.0 Å². The molecule has 0 atom stereocenters. The van der Waals surface area contributed by atoms with E-state index in [-0.39, 0.29) is 17.0 Å². The molecule has 0 bridgehead atoms. The summed E-state index contributed by atoms with van der Waals surface area (Å²) < 4.78 is 27.0. The van der Waals surface area contributed by atoms with Crippen LogP contribution in [0.2, 0.25) is 0 Å². The molecule has 1 heterocycles. The van der Waals surface area contributed by atoms with E-state index < -0.39 is 28.4 Å². The molecule has 0 saturated carbocycles. The Balaban J connectivity index is 2.36. The fraction of sp³-hybridized carbons (Fsp3) is 0.529. The first-order chi connectivity index (χ1) is 11.8. The molecule has 1 fully saturated rings. The number of amides is 1. The van der Waals surface area contributed by atoms with Crippen LogP contribution in [0.15, 0.2) is 23.1 Å². The monoisotopic (exact) mass is 368 g/mol. The Morgan fingerprint density at radius 3 is 2.40 bits per heavy atom. The van der Waals surface area contributed by atoms with Crippen LogP contribution < -0.4 is 0 Å². The van der Waals surface area contributed by atoms with Crippen molar-refractivity contribution < 1.29 is 23.1 Å². The van der Waals surface area contributed by atoms with Crippen LogP contribution in [0, 0.1) is 6.92 Å². The summed E-state index contributed by atoms with van der Waals surface area (Å²) in [6.07, 6.45) is 2.68. The smallest absolute Gasteiger partial charge is 0.323 e. The van der Waals surface area contributed by atoms with Crippen LogP contribution in [-0.4, -0.2) is 60.8 Å². The van der Waals surface area contributed by atoms with Gasteiger partial charge in [-0.25, -0.2) is 8.42 Å². The number of hydrogen-bond donors (Lipinski definition) is 1. The molecule has 138 valence electrons. The van der Waals surface area contributed by atoms with Gasteiger partial charge in [-0.15, -0.1) is 0 Å². The van der Waals surface area contributed by atoms with E-state index in [0.29, 0.717) is 18.7 Å². The predicted octanol–water partition coefficient (Wildman–Crippen LogP) is 1.72. The summed E-state index contributed by atoms with van der Waals surface area (Å²) in [5.41, 5.74) is 0.840. The van der Waals surface area contributed by atoms with Crippen molar-refractivity contribution in [3.05, 3.63) is 29.3 Å². The van der Waals surface area contributed by atoms with Crippen molar-refractivity contribution in [3.8, 4) is 0 Å². The number of nitrogens with zero attached hydrogens (tertiary/aromatic N) is 2. The molecule has 8 heteroatoms. The van der Waals surface area contributed by atoms with Gasteiger partial charge in [0, 0.05) is 25.2 Å². The van der Waals surface area contributed by atoms with Crippen LogP contribution in [0.25, 0.3) is 0 Å². The number of carboxylic acid groups (broad SMARTS) is 1. The summed E-state index contributed by atoms with van der Waals surface area (Å²) in [6, 6.07) is 4.47. The van der Waals surface area contributed by atoms with E-state index in [1.165, 1.54) is 21.3 Å². The average molecular weight is 368 g/mol. The second-order valence-electron chi connectivity index (χ2n) is 6.15. The van der Waals surface area contributed by atoms with Crippen LogP contribution >= 0.6 is 0 Å². The van der Waals surface area contributed by atoms with E-state index in [1.54, 1.807) is 19.9 Å². The SMILES string of the molecule is CCN(CC(=O)O)C(=O)c1cc(S(=O)(=O)N2CCCCC2)ccc1C. The molecule has 25 heavy (non-hydrogen) atoms. The highest BCUT2D eigenvalue weighted by Gasteiger charge is 2.28. The van der Waals surface area contributed by atoms with E-state index in [0.717, 1.165) is 19.3 Å². The van der Waals surface area contributed by atoms with Gasteiger partial charge in [0.1, 0.15) is 6.54 Å². The normalized spacial score (nSPS) is 15.8. The number of benzene rings is 1. The second-order valence-corrected chi connectivity index (χ2v) is 8.09. The maximum absolute atomic E-state index is 12.8. The van der Waals surface area contributed by atoms with E-state index >= 15 is 0 Å². The fourth-order valence-corrected chi connectivity index (χ4v) is 4.45. The van der Waals surface area contributed by atoms with Crippen LogP contribution in [0.1, 0.15) is 42.1 Å². The molecule has 7 nitrogen and oxygen atoms in total. The molecule has 1 aliphatic rings. The van der Waals surface area contributed by atoms with Crippen molar-refractivity contribution in [3.63, 3.8) is 0 Å². The number of carboxylic acids is 1. The van der Waals surface area contributed by atoms with Gasteiger partial charge >= 0.3 is 5.97 Å². The molecule has 0 spiro atoms. The van der Waals surface area contributed by atoms with Gasteiger partial charge in [-0.05, 0) is 44.4 Å². The lowest BCUT2D eigenvalue weighted by molar-refractivity contribution is -0.137. The standard InChI is InChI=1S/C17H24N2O5S/c1-3-18(12-16(20)21)17(22)15-11-14(8-7-13(15)2)25(23,24)19-9-5-4-6-10-19/h7-8,11H,3-6,9-10,12H2,1-2H3,(H,20,21). The van der Waals surface area contributed by atoms with E-state index in [1.807, 2.05) is 0 Å². The zero-order valence-corrected chi connectivity index (χ0v) is 15.4. The Kier molecular flexibility index (Phi) is 6.18. The average Bonchev–Trinajstić information content (AvgIpc) is 2.60. The molecular weight excluding hydrogens is 344 g/mol. The highest BCUT2D eigenvalue weighted by atomic mass is 32.2. The Bertz CT molecular complexity index is 754. The Labute approximate surface area is 148 Å². The number of carbonyl (C=O) groups is 2. The predicted molar refractivity (Wildman–Crippen MR) is 93.0 cm³/mol. The molecule has 0 radical (unpaired) electrons. The number of rotatable bonds is 6. The van der Waals surface area contributed by atoms with Crippen LogP contribution in [0.5, 0.6) is 0 Å². The van der Waals surface area contributed by atoms with E-state index in [2.05, 4.69) is 0 Å². The van der Waals surface area contributed by atoms with Crippen molar-refractivity contribution in [1.82, 2.24) is 9.21 Å². The highest BCUT2D eigenvalue weighted by molar-refractivity contribution is 7.89. The summed E-state index contributed by atoms with van der Waals surface area (Å²) in [5, 5.41) is 8.94. The summed E-state index contributed by atoms with van der Waals surface area (Å²) in [7, 11) is -3.64. The maximum atomic E-state index is 12.8. The van der Waals surface area contributed by atoms with E-state index in [9.17, 15) is 18.0 Å². The molecule has 1 amide bonds. The zero-order valence-electron chi connectivity index (χ0n) is 14.6. The molecule has 1 aromatic rings. The Hall–Kier alpha value is -1.93. The zero-order chi connectivity index (χ0) is 18.6. The molecule has 1 aliphatic heterocycles. The van der Waals surface area contributed by atoms with Gasteiger partial charge < -0.3 is 10.0 Å². The van der Waals surface area contributed by atoms with Crippen LogP contribution in [0.4, 0.5) is 0 Å². The van der Waals surface area contributed by atoms with Gasteiger partial charge in [-0.2, -0.15) is 4.31 Å². The molecule has 1 aromatic carbocycles. The molecule has 0 aliphatic carbocycles. The largest absolute Gasteiger partial charge is 0.480 e. The third kappa shape index (κ3) is 4.38. The third-order valence-electron chi connectivity index (χ3n) is 4.39. The van der Waals surface area contributed by atoms with Crippen molar-refractivity contribution in [2.75, 3.05) is 26.2 Å². The summed E-state index contributed by atoms with van der Waals surface area (Å²) in [6.45, 7) is 4.17. The van der Waals surface area contributed by atoms with Gasteiger partial charge in [-0.1, -0.05) is 12.5 Å². The first kappa shape index (κ1) is 19.4. The molecule has 0 unspecified atom stereocenters. The van der Waals surface area contributed by atoms with E-state index in [4.69, 9.17) is 5.11 Å². The lowest BCUT2D eigenvalue weighted by Gasteiger charge is -2.26. The third-order valence-corrected chi connectivity index (χ3v) is 6.28. The quantitative estimate of drug-likeness (QED) is 0.825. The minimum atomic E-state index is -3.64. The molecule has 1 N–H and O–H groups in total. The fourth-order valence-electron chi connectivity index (χ4n) is 2.91. The number of piperidine rings is 1. The number of aliphatic carboxylic acids is 1. The summed E-state index contributed by atoms with van der Waals surface area (Å²) in [5.74, 6) is -1.58. The number of carbonyl (C=O) groups excluding carboxylic acids is 1. The van der Waals surface area contributed by atoms with Gasteiger partial charge in [0.2, 0.25) is 10.0 Å². The lowest BCUT2D eigenvalue weighted by atomic mass is 10.1. The minimum Gasteiger partial charge on any atom is -0.480 e. The first-order valence-corrected chi connectivity index (χ1v) is 9.83. The van der Waals surface area contributed by atoms with Gasteiger partial charge in [0.05, 0.1) is 4.90 Å². The Morgan fingerprint density at radius 1 is 1.20 bits per heavy atom. The second kappa shape index (κ2) is 7.97. The number of likely N-dealkylation sites (N-methyl/N-ethyl adjacent to an activating group) is 1. The number of hydrogen-bond acceptors (Lipinski definition) is 4. The molecular formula is C17H24N2O5S. The number of sulfonamides is 1. The summed E-state index contributed by atoms with van der Waals surface area (Å²) in [4.78, 5) is 24.8. The van der Waals surface area contributed by atoms with Crippen molar-refractivity contribution >= 4 is 21.9 Å². The summed E-state index contributed by atoms with van der Waals surface area (Å²) >= 11 is 0. The van der Waals surface area contributed by atoms with Gasteiger partial charge in [0.25, 0.3) is 5.91 Å². The Morgan fingerprint density at radius 2 is 1.84 bits per heavy atom. The van der Waals surface area contributed by atoms with Crippen molar-refractivity contribution in [1.29, 1.82) is 0 Å². The molecule has 0 aromatic heterocycles. The minimum absolute atomic E-state index is 0.0785. The van der Waals surface area contributed by atoms with Crippen molar-refractivity contribution in [2.24, 2.45) is 0 Å².